The fourth-order valence-electron chi connectivity index (χ4n) is 1.64. The molecule has 0 aliphatic heterocycles. The van der Waals surface area contributed by atoms with Crippen molar-refractivity contribution in [3.63, 3.8) is 0 Å². The summed E-state index contributed by atoms with van der Waals surface area (Å²) in [5.41, 5.74) is 2.05. The molecule has 0 aliphatic carbocycles. The van der Waals surface area contributed by atoms with Crippen molar-refractivity contribution in [1.82, 2.24) is 0 Å². The van der Waals surface area contributed by atoms with Crippen molar-refractivity contribution in [1.29, 1.82) is 0 Å². The maximum Gasteiger partial charge on any atom is 0.353 e. The standard InChI is InChI=1S/C8H10ClNO2S.C8H11N.ClHO3S/c1-10(2)7-4-3-5-8(6-7)13(9,11)12;1-9(2)8-6-4-3-5-7-8;1-5(2,3)4/h3-6H,1-2H3;3-7H,1-2H3;(H,2,3,4). The third-order valence-corrected chi connectivity index (χ3v) is 4.24. The highest BCUT2D eigenvalue weighted by Crippen LogP contribution is 2.20. The molecule has 0 spiro atoms. The average Bonchev–Trinajstić information content (AvgIpc) is 2.54. The summed E-state index contributed by atoms with van der Waals surface area (Å²) in [6, 6.07) is 16.7. The first-order chi connectivity index (χ1) is 12.2. The summed E-state index contributed by atoms with van der Waals surface area (Å²) in [5.74, 6) is 0. The van der Waals surface area contributed by atoms with Crippen LogP contribution in [-0.4, -0.2) is 49.6 Å². The minimum Gasteiger partial charge on any atom is -0.378 e. The predicted molar refractivity (Wildman–Crippen MR) is 112 cm³/mol. The van der Waals surface area contributed by atoms with E-state index in [-0.39, 0.29) is 4.90 Å². The number of para-hydroxylation sites is 1. The molecule has 0 unspecified atom stereocenters. The molecular weight excluding hydrogens is 435 g/mol. The number of anilines is 2. The molecule has 2 rings (SSSR count). The van der Waals surface area contributed by atoms with Gasteiger partial charge in [-0.05, 0) is 30.3 Å². The Morgan fingerprint density at radius 1 is 0.741 bits per heavy atom. The summed E-state index contributed by atoms with van der Waals surface area (Å²) < 4.78 is 47.1. The molecule has 0 saturated carbocycles. The first kappa shape index (κ1) is 25.5. The van der Waals surface area contributed by atoms with Crippen LogP contribution in [0.15, 0.2) is 59.5 Å². The summed E-state index contributed by atoms with van der Waals surface area (Å²) in [6.07, 6.45) is 0. The van der Waals surface area contributed by atoms with Crippen LogP contribution in [0, 0.1) is 0 Å². The molecule has 2 aromatic rings. The molecule has 0 radical (unpaired) electrons. The predicted octanol–water partition coefficient (Wildman–Crippen LogP) is 3.46. The van der Waals surface area contributed by atoms with E-state index in [4.69, 9.17) is 23.7 Å². The summed E-state index contributed by atoms with van der Waals surface area (Å²) in [4.78, 5) is 4.02. The van der Waals surface area contributed by atoms with E-state index in [0.29, 0.717) is 0 Å². The van der Waals surface area contributed by atoms with Gasteiger partial charge in [0.2, 0.25) is 0 Å². The fourth-order valence-corrected chi connectivity index (χ4v) is 2.43. The molecule has 0 fully saturated rings. The highest BCUT2D eigenvalue weighted by molar-refractivity contribution is 8.13. The quantitative estimate of drug-likeness (QED) is 0.557. The van der Waals surface area contributed by atoms with Gasteiger partial charge in [-0.1, -0.05) is 24.3 Å². The molecule has 27 heavy (non-hydrogen) atoms. The SMILES string of the molecule is CN(C)c1cccc(S(=O)(=O)Cl)c1.CN(C)c1ccccc1.O=S(=O)(O)Cl. The van der Waals surface area contributed by atoms with Crippen molar-refractivity contribution in [2.24, 2.45) is 0 Å². The second-order valence-electron chi connectivity index (χ2n) is 5.47. The molecule has 0 saturated heterocycles. The highest BCUT2D eigenvalue weighted by Gasteiger charge is 2.10. The average molecular weight is 457 g/mol. The summed E-state index contributed by atoms with van der Waals surface area (Å²) in [5, 5.41) is 0. The lowest BCUT2D eigenvalue weighted by Crippen LogP contribution is -2.08. The number of benzene rings is 2. The summed E-state index contributed by atoms with van der Waals surface area (Å²) >= 11 is 0. The van der Waals surface area contributed by atoms with Crippen LogP contribution in [-0.2, 0) is 18.4 Å². The van der Waals surface area contributed by atoms with E-state index in [2.05, 4.69) is 27.7 Å². The van der Waals surface area contributed by atoms with Crippen LogP contribution in [0.1, 0.15) is 0 Å². The van der Waals surface area contributed by atoms with Crippen molar-refractivity contribution in [2.45, 2.75) is 4.90 Å². The van der Waals surface area contributed by atoms with Crippen molar-refractivity contribution in [3.05, 3.63) is 54.6 Å². The van der Waals surface area contributed by atoms with Crippen molar-refractivity contribution >= 4 is 51.1 Å². The van der Waals surface area contributed by atoms with Crippen LogP contribution in [0.4, 0.5) is 11.4 Å². The van der Waals surface area contributed by atoms with E-state index in [9.17, 15) is 8.42 Å². The molecular formula is C16H22Cl2N2O5S2. The molecule has 0 heterocycles. The van der Waals surface area contributed by atoms with Gasteiger partial charge in [-0.2, -0.15) is 8.42 Å². The van der Waals surface area contributed by atoms with Gasteiger partial charge in [-0.3, -0.25) is 4.55 Å². The molecule has 152 valence electrons. The fraction of sp³-hybridized carbons (Fsp3) is 0.250. The second-order valence-corrected chi connectivity index (χ2v) is 10.0. The largest absolute Gasteiger partial charge is 0.378 e. The Labute approximate surface area is 169 Å². The molecule has 0 aliphatic rings. The van der Waals surface area contributed by atoms with Crippen molar-refractivity contribution in [2.75, 3.05) is 38.0 Å². The molecule has 11 heteroatoms. The first-order valence-electron chi connectivity index (χ1n) is 7.33. The Kier molecular flexibility index (Phi) is 10.7. The number of rotatable bonds is 3. The number of halogens is 2. The van der Waals surface area contributed by atoms with Gasteiger partial charge in [0.1, 0.15) is 0 Å². The highest BCUT2D eigenvalue weighted by atomic mass is 35.7. The van der Waals surface area contributed by atoms with E-state index in [1.807, 2.05) is 57.4 Å². The Balaban J connectivity index is 0.000000419. The summed E-state index contributed by atoms with van der Waals surface area (Å²) in [7, 11) is 9.18. The lowest BCUT2D eigenvalue weighted by Gasteiger charge is -2.12. The van der Waals surface area contributed by atoms with Gasteiger partial charge in [0.05, 0.1) is 4.90 Å². The molecule has 2 aromatic carbocycles. The molecule has 0 aromatic heterocycles. The van der Waals surface area contributed by atoms with Crippen LogP contribution < -0.4 is 9.80 Å². The molecule has 0 bridgehead atoms. The van der Waals surface area contributed by atoms with Gasteiger partial charge >= 0.3 is 9.33 Å². The van der Waals surface area contributed by atoms with Gasteiger partial charge in [-0.15, -0.1) is 0 Å². The lowest BCUT2D eigenvalue weighted by molar-refractivity contribution is 0.501. The third kappa shape index (κ3) is 13.3. The Bertz CT molecular complexity index is 895. The number of hydrogen-bond acceptors (Lipinski definition) is 6. The molecule has 1 N–H and O–H groups in total. The van der Waals surface area contributed by atoms with Crippen LogP contribution in [0.2, 0.25) is 0 Å². The van der Waals surface area contributed by atoms with Crippen molar-refractivity contribution in [3.8, 4) is 0 Å². The second kappa shape index (κ2) is 11.4. The van der Waals surface area contributed by atoms with Crippen molar-refractivity contribution < 1.29 is 21.4 Å². The third-order valence-electron chi connectivity index (χ3n) is 2.89. The summed E-state index contributed by atoms with van der Waals surface area (Å²) in [6.45, 7) is 0. The van der Waals surface area contributed by atoms with Crippen LogP contribution in [0.5, 0.6) is 0 Å². The van der Waals surface area contributed by atoms with Gasteiger partial charge in [0.25, 0.3) is 9.05 Å². The van der Waals surface area contributed by atoms with Gasteiger partial charge < -0.3 is 9.80 Å². The Morgan fingerprint density at radius 3 is 1.48 bits per heavy atom. The molecule has 7 nitrogen and oxygen atoms in total. The van der Waals surface area contributed by atoms with E-state index in [0.717, 1.165) is 5.69 Å². The number of hydrogen-bond donors (Lipinski definition) is 1. The van der Waals surface area contributed by atoms with E-state index >= 15 is 0 Å². The minimum atomic E-state index is -4.19. The Hall–Kier alpha value is -1.52. The maximum absolute atomic E-state index is 11.0. The molecule has 0 atom stereocenters. The Morgan fingerprint density at radius 2 is 1.15 bits per heavy atom. The monoisotopic (exact) mass is 456 g/mol. The number of nitrogens with zero attached hydrogens (tertiary/aromatic N) is 2. The normalized spacial score (nSPS) is 10.6. The van der Waals surface area contributed by atoms with E-state index < -0.39 is 18.4 Å². The smallest absolute Gasteiger partial charge is 0.353 e. The maximum atomic E-state index is 11.0. The first-order valence-corrected chi connectivity index (χ1v) is 11.9. The zero-order valence-electron chi connectivity index (χ0n) is 15.2. The topological polar surface area (TPSA) is 95.0 Å². The van der Waals surface area contributed by atoms with Crippen LogP contribution >= 0.6 is 21.4 Å². The zero-order chi connectivity index (χ0) is 21.3. The zero-order valence-corrected chi connectivity index (χ0v) is 18.4. The van der Waals surface area contributed by atoms with Crippen LogP contribution in [0.25, 0.3) is 0 Å². The lowest BCUT2D eigenvalue weighted by atomic mass is 10.3. The van der Waals surface area contributed by atoms with E-state index in [1.54, 1.807) is 6.07 Å². The van der Waals surface area contributed by atoms with E-state index in [1.165, 1.54) is 17.8 Å². The van der Waals surface area contributed by atoms with Gasteiger partial charge in [-0.25, -0.2) is 8.42 Å². The van der Waals surface area contributed by atoms with Gasteiger partial charge in [0.15, 0.2) is 0 Å². The van der Waals surface area contributed by atoms with Gasteiger partial charge in [0, 0.05) is 60.9 Å². The molecule has 0 amide bonds. The van der Waals surface area contributed by atoms with Crippen LogP contribution in [0.3, 0.4) is 0 Å². The minimum absolute atomic E-state index is 0.125.